The summed E-state index contributed by atoms with van der Waals surface area (Å²) in [5, 5.41) is 185. The van der Waals surface area contributed by atoms with E-state index in [2.05, 4.69) is 45.4 Å². The molecule has 10 rings (SSSR count). The molecule has 0 aromatic heterocycles. The molecular formula is C62H100O31. The van der Waals surface area contributed by atoms with Crippen molar-refractivity contribution in [3.63, 3.8) is 0 Å². The van der Waals surface area contributed by atoms with Gasteiger partial charge < -0.3 is 144 Å². The van der Waals surface area contributed by atoms with Crippen LogP contribution < -0.4 is 0 Å². The van der Waals surface area contributed by atoms with Crippen LogP contribution in [-0.4, -0.2) is 312 Å². The highest BCUT2D eigenvalue weighted by atomic mass is 16.8. The average Bonchev–Trinajstić information content (AvgIpc) is 0.675. The van der Waals surface area contributed by atoms with Crippen molar-refractivity contribution in [2.75, 3.05) is 53.4 Å². The van der Waals surface area contributed by atoms with Gasteiger partial charge in [0, 0.05) is 5.41 Å². The minimum Gasteiger partial charge on any atom is -0.467 e. The number of methoxy groups -OCH3 is 1. The Bertz CT molecular complexity index is 2600. The Balaban J connectivity index is 0.850. The first-order chi connectivity index (χ1) is 43.7. The maximum atomic E-state index is 14.3. The van der Waals surface area contributed by atoms with Crippen molar-refractivity contribution < 1.29 is 153 Å². The standard InChI is InChI=1S/C62H100O31/c1-57(2)32-10-13-60(5)33(9-8-26-27-16-58(3,14-15-62(27,24-65)34(68)17-61(26,60)6)56(81)86-21-25(66)20-83-52-45(78)41(74)43(76)47(91-52)50(80)82-7)59(32,4)12-11-35(57)90-54-48(93-53-46(79)40(73)37(70)29(18-63)87-53)39(72)31(23-85-54)89-55-49(42(75)38(71)30(19-64)88-55)92-51-44(77)36(69)28(67)22-84-51/h8,25,27-49,51-55,63-79H,9-24H2,1-7H3/t25?,27-,28+,29+,30+,31-,32-,33+,34+,35-,36-,37+,38+,39-,40-,41-,42-,43-,44+,45+,46+,47-,48+,49+,51-,52-,53-,54-,55-,58-,59-,60+,61+,62+/m0/s1. The number of fused-ring (bicyclic) bond motifs is 7. The maximum absolute atomic E-state index is 14.3. The lowest BCUT2D eigenvalue weighted by Gasteiger charge is -2.72. The molecule has 0 aromatic rings. The van der Waals surface area contributed by atoms with Gasteiger partial charge >= 0.3 is 11.9 Å². The zero-order valence-electron chi connectivity index (χ0n) is 53.5. The number of hydrogen-bond acceptors (Lipinski definition) is 31. The third-order valence-electron chi connectivity index (χ3n) is 24.0. The van der Waals surface area contributed by atoms with Crippen molar-refractivity contribution in [3.05, 3.63) is 11.6 Å². The Morgan fingerprint density at radius 3 is 1.87 bits per heavy atom. The number of hydrogen-bond donors (Lipinski definition) is 17. The summed E-state index contributed by atoms with van der Waals surface area (Å²) in [6, 6.07) is 0. The molecule has 5 aliphatic heterocycles. The first-order valence-corrected chi connectivity index (χ1v) is 32.5. The molecule has 9 fully saturated rings. The third-order valence-corrected chi connectivity index (χ3v) is 24.0. The van der Waals surface area contributed by atoms with Gasteiger partial charge in [0.1, 0.15) is 116 Å². The van der Waals surface area contributed by atoms with E-state index >= 15 is 0 Å². The molecule has 0 amide bonds. The molecule has 31 nitrogen and oxygen atoms in total. The van der Waals surface area contributed by atoms with E-state index in [9.17, 15) is 96.4 Å². The molecule has 17 N–H and O–H groups in total. The molecule has 1 unspecified atom stereocenters. The predicted molar refractivity (Wildman–Crippen MR) is 308 cm³/mol. The second-order valence-electron chi connectivity index (χ2n) is 29.4. The Morgan fingerprint density at radius 1 is 0.591 bits per heavy atom. The van der Waals surface area contributed by atoms with E-state index in [4.69, 9.17) is 52.1 Å². The molecule has 0 radical (unpaired) electrons. The maximum Gasteiger partial charge on any atom is 0.337 e. The van der Waals surface area contributed by atoms with E-state index < -0.39 is 244 Å². The highest BCUT2D eigenvalue weighted by Gasteiger charge is 2.71. The number of carbonyl (C=O) groups is 2. The summed E-state index contributed by atoms with van der Waals surface area (Å²) in [5.74, 6) is -2.10. The number of rotatable bonds is 18. The number of esters is 2. The van der Waals surface area contributed by atoms with Gasteiger partial charge in [0.05, 0.1) is 64.4 Å². The molecule has 0 bridgehead atoms. The van der Waals surface area contributed by atoms with E-state index in [0.29, 0.717) is 38.5 Å². The Kier molecular flexibility index (Phi) is 22.0. The number of aliphatic hydroxyl groups excluding tert-OH is 17. The quantitative estimate of drug-likeness (QED) is 0.0346. The van der Waals surface area contributed by atoms with E-state index in [1.807, 2.05) is 0 Å². The number of carbonyl (C=O) groups excluding carboxylic acids is 2. The third kappa shape index (κ3) is 12.8. The van der Waals surface area contributed by atoms with Gasteiger partial charge in [-0.2, -0.15) is 0 Å². The number of ether oxygens (including phenoxy) is 12. The van der Waals surface area contributed by atoms with Crippen LogP contribution >= 0.6 is 0 Å². The normalized spacial score (nSPS) is 51.8. The monoisotopic (exact) mass is 1340 g/mol. The van der Waals surface area contributed by atoms with Crippen LogP contribution in [0.5, 0.6) is 0 Å². The molecule has 4 saturated carbocycles. The van der Waals surface area contributed by atoms with Gasteiger partial charge in [-0.15, -0.1) is 0 Å². The van der Waals surface area contributed by atoms with Crippen LogP contribution in [-0.2, 0) is 66.4 Å². The lowest BCUT2D eigenvalue weighted by Crippen LogP contribution is -2.68. The molecule has 5 heterocycles. The van der Waals surface area contributed by atoms with Gasteiger partial charge in [-0.25, -0.2) is 4.79 Å². The topological polar surface area (TPSA) is 489 Å². The van der Waals surface area contributed by atoms with Crippen molar-refractivity contribution in [2.24, 2.45) is 50.2 Å². The highest BCUT2D eigenvalue weighted by molar-refractivity contribution is 5.77. The molecule has 5 aliphatic carbocycles. The molecule has 93 heavy (non-hydrogen) atoms. The van der Waals surface area contributed by atoms with Crippen molar-refractivity contribution in [1.29, 1.82) is 0 Å². The van der Waals surface area contributed by atoms with Crippen molar-refractivity contribution in [3.8, 4) is 0 Å². The molecule has 0 spiro atoms. The molecule has 534 valence electrons. The predicted octanol–water partition coefficient (Wildman–Crippen LogP) is -5.43. The minimum absolute atomic E-state index is 0.0254. The van der Waals surface area contributed by atoms with Crippen LogP contribution in [0.15, 0.2) is 11.6 Å². The molecular weight excluding hydrogens is 1240 g/mol. The first kappa shape index (κ1) is 73.3. The van der Waals surface area contributed by atoms with E-state index in [1.54, 1.807) is 6.92 Å². The Morgan fingerprint density at radius 2 is 1.20 bits per heavy atom. The summed E-state index contributed by atoms with van der Waals surface area (Å²) in [6.45, 7) is 8.65. The van der Waals surface area contributed by atoms with Crippen molar-refractivity contribution >= 4 is 11.9 Å². The average molecular weight is 1340 g/mol. The van der Waals surface area contributed by atoms with Crippen LogP contribution in [0, 0.1) is 50.2 Å². The van der Waals surface area contributed by atoms with Crippen LogP contribution in [0.1, 0.15) is 99.3 Å². The Hall–Kier alpha value is -2.40. The van der Waals surface area contributed by atoms with Crippen LogP contribution in [0.4, 0.5) is 0 Å². The van der Waals surface area contributed by atoms with E-state index in [1.165, 1.54) is 0 Å². The molecule has 31 heteroatoms. The first-order valence-electron chi connectivity index (χ1n) is 32.5. The summed E-state index contributed by atoms with van der Waals surface area (Å²) in [6.07, 6.45) is -36.3. The van der Waals surface area contributed by atoms with Gasteiger partial charge in [0.25, 0.3) is 0 Å². The highest BCUT2D eigenvalue weighted by Crippen LogP contribution is 2.76. The zero-order valence-corrected chi connectivity index (χ0v) is 53.5. The van der Waals surface area contributed by atoms with Gasteiger partial charge in [0.15, 0.2) is 37.6 Å². The smallest absolute Gasteiger partial charge is 0.337 e. The van der Waals surface area contributed by atoms with Gasteiger partial charge in [0.2, 0.25) is 0 Å². The lowest BCUT2D eigenvalue weighted by molar-refractivity contribution is -0.392. The summed E-state index contributed by atoms with van der Waals surface area (Å²) in [5.41, 5.74) is -3.15. The SMILES string of the molecule is COC(=O)[C@H]1O[C@H](OCC(O)COC(=O)[C@@]2(C)CC[C@]3(CO)[C@H](O)C[C@]4(C)C(=CC[C@@H]5[C@@]6(C)CC[C@H](O[C@@H]7OC[C@H](O[C@@H]8O[C@H](CO)[C@@H](O)[C@H](O)[C@H]8O[C@@H]8OC[C@@H](O)[C@H](O)[C@H]8O)[C@H](O)[C@H]7O[C@@H]7O[C@H](CO)[C@@H](O)[C@H](O)[C@H]7O)C(C)(C)[C@@H]6CC[C@]54C)[C@@H]3C2)[C@H](O)[C@@H](O)[C@@H]1O. The fourth-order valence-corrected chi connectivity index (χ4v) is 18.0. The van der Waals surface area contributed by atoms with Gasteiger partial charge in [-0.05, 0) is 104 Å². The summed E-state index contributed by atoms with van der Waals surface area (Å²) in [7, 11) is 1.04. The van der Waals surface area contributed by atoms with Crippen molar-refractivity contribution in [2.45, 2.75) is 259 Å². The Labute approximate surface area is 537 Å². The largest absolute Gasteiger partial charge is 0.467 e. The van der Waals surface area contributed by atoms with Crippen LogP contribution in [0.25, 0.3) is 0 Å². The minimum atomic E-state index is -1.95. The zero-order chi connectivity index (χ0) is 68.0. The van der Waals surface area contributed by atoms with Crippen molar-refractivity contribution in [1.82, 2.24) is 0 Å². The van der Waals surface area contributed by atoms with Gasteiger partial charge in [-0.3, -0.25) is 4.79 Å². The summed E-state index contributed by atoms with van der Waals surface area (Å²) >= 11 is 0. The molecule has 5 saturated heterocycles. The molecule has 0 aromatic carbocycles. The van der Waals surface area contributed by atoms with Gasteiger partial charge in [-0.1, -0.05) is 46.3 Å². The number of allylic oxidation sites excluding steroid dienone is 2. The fourth-order valence-electron chi connectivity index (χ4n) is 18.0. The number of aliphatic hydroxyl groups is 17. The van der Waals surface area contributed by atoms with Crippen LogP contribution in [0.3, 0.4) is 0 Å². The second-order valence-corrected chi connectivity index (χ2v) is 29.4. The van der Waals surface area contributed by atoms with E-state index in [0.717, 1.165) is 12.7 Å². The molecule has 34 atom stereocenters. The lowest BCUT2D eigenvalue weighted by atomic mass is 9.33. The van der Waals surface area contributed by atoms with Crippen LogP contribution in [0.2, 0.25) is 0 Å². The second kappa shape index (κ2) is 28.0. The summed E-state index contributed by atoms with van der Waals surface area (Å²) in [4.78, 5) is 26.4. The molecule has 10 aliphatic rings. The fraction of sp³-hybridized carbons (Fsp3) is 0.935. The van der Waals surface area contributed by atoms with E-state index in [-0.39, 0.29) is 43.1 Å². The summed E-state index contributed by atoms with van der Waals surface area (Å²) < 4.78 is 69.9.